The minimum atomic E-state index is -0.808. The van der Waals surface area contributed by atoms with Crippen LogP contribution in [0.15, 0.2) is 18.3 Å². The molecule has 4 heteroatoms. The van der Waals surface area contributed by atoms with Gasteiger partial charge in [-0.2, -0.15) is 0 Å². The average molecular weight is 176 g/mol. The van der Waals surface area contributed by atoms with E-state index in [1.165, 1.54) is 12.1 Å². The van der Waals surface area contributed by atoms with Crippen LogP contribution in [0.3, 0.4) is 0 Å². The van der Waals surface area contributed by atoms with Gasteiger partial charge in [0.05, 0.1) is 17.8 Å². The first-order chi connectivity index (χ1) is 5.24. The van der Waals surface area contributed by atoms with Gasteiger partial charge in [0.2, 0.25) is 0 Å². The van der Waals surface area contributed by atoms with Gasteiger partial charge < -0.3 is 5.11 Å². The van der Waals surface area contributed by atoms with Crippen molar-refractivity contribution in [3.8, 4) is 0 Å². The summed E-state index contributed by atoms with van der Waals surface area (Å²) in [7, 11) is 0. The molecule has 0 saturated carbocycles. The summed E-state index contributed by atoms with van der Waals surface area (Å²) >= 11 is 5.34. The van der Waals surface area contributed by atoms with E-state index < -0.39 is 11.9 Å². The number of hydrogen-bond acceptors (Lipinski definition) is 2. The summed E-state index contributed by atoms with van der Waals surface area (Å²) in [6.45, 7) is 0. The third-order valence-corrected chi connectivity index (χ3v) is 1.53. The SMILES string of the molecule is OC(CCl)c1ccc(F)cn1. The summed E-state index contributed by atoms with van der Waals surface area (Å²) in [6, 6.07) is 2.64. The second kappa shape index (κ2) is 3.64. The quantitative estimate of drug-likeness (QED) is 0.691. The van der Waals surface area contributed by atoms with Crippen molar-refractivity contribution in [3.05, 3.63) is 29.8 Å². The normalized spacial score (nSPS) is 13.0. The molecule has 0 radical (unpaired) electrons. The molecule has 1 heterocycles. The highest BCUT2D eigenvalue weighted by Gasteiger charge is 2.05. The number of pyridine rings is 1. The number of aliphatic hydroxyl groups is 1. The zero-order chi connectivity index (χ0) is 8.27. The maximum absolute atomic E-state index is 12.3. The van der Waals surface area contributed by atoms with E-state index in [0.29, 0.717) is 5.69 Å². The minimum absolute atomic E-state index is 0.0681. The molecular weight excluding hydrogens is 169 g/mol. The molecule has 1 N–H and O–H groups in total. The Labute approximate surface area is 68.6 Å². The zero-order valence-electron chi connectivity index (χ0n) is 5.67. The first kappa shape index (κ1) is 8.43. The third-order valence-electron chi connectivity index (χ3n) is 1.24. The van der Waals surface area contributed by atoms with Gasteiger partial charge in [0.1, 0.15) is 11.9 Å². The molecule has 2 nitrogen and oxygen atoms in total. The molecule has 0 aliphatic carbocycles. The van der Waals surface area contributed by atoms with Gasteiger partial charge in [-0.15, -0.1) is 11.6 Å². The lowest BCUT2D eigenvalue weighted by atomic mass is 10.2. The monoisotopic (exact) mass is 175 g/mol. The van der Waals surface area contributed by atoms with Crippen LogP contribution in [0.2, 0.25) is 0 Å². The van der Waals surface area contributed by atoms with E-state index in [2.05, 4.69) is 4.98 Å². The standard InChI is InChI=1S/C7H7ClFNO/c8-3-7(11)6-2-1-5(9)4-10-6/h1-2,4,7,11H,3H2. The maximum atomic E-state index is 12.3. The highest BCUT2D eigenvalue weighted by molar-refractivity contribution is 6.18. The molecule has 11 heavy (non-hydrogen) atoms. The Kier molecular flexibility index (Phi) is 2.79. The number of rotatable bonds is 2. The van der Waals surface area contributed by atoms with E-state index in [0.717, 1.165) is 6.20 Å². The molecule has 0 bridgehead atoms. The molecule has 1 atom stereocenters. The van der Waals surface area contributed by atoms with Crippen molar-refractivity contribution < 1.29 is 9.50 Å². The number of aromatic nitrogens is 1. The summed E-state index contributed by atoms with van der Waals surface area (Å²) in [5.41, 5.74) is 0.390. The lowest BCUT2D eigenvalue weighted by Gasteiger charge is -2.03. The third kappa shape index (κ3) is 2.13. The Morgan fingerprint density at radius 1 is 1.64 bits per heavy atom. The summed E-state index contributed by atoms with van der Waals surface area (Å²) in [5, 5.41) is 9.10. The van der Waals surface area contributed by atoms with E-state index in [-0.39, 0.29) is 5.88 Å². The largest absolute Gasteiger partial charge is 0.386 e. The van der Waals surface area contributed by atoms with Crippen LogP contribution >= 0.6 is 11.6 Å². The van der Waals surface area contributed by atoms with Crippen molar-refractivity contribution in [2.24, 2.45) is 0 Å². The molecular formula is C7H7ClFNO. The van der Waals surface area contributed by atoms with Gasteiger partial charge >= 0.3 is 0 Å². The van der Waals surface area contributed by atoms with Crippen molar-refractivity contribution >= 4 is 11.6 Å². The first-order valence-corrected chi connectivity index (χ1v) is 3.63. The van der Waals surface area contributed by atoms with Gasteiger partial charge in [-0.25, -0.2) is 4.39 Å². The van der Waals surface area contributed by atoms with Crippen molar-refractivity contribution in [1.29, 1.82) is 0 Å². The molecule has 0 aliphatic rings. The molecule has 0 saturated heterocycles. The summed E-state index contributed by atoms with van der Waals surface area (Å²) in [4.78, 5) is 3.64. The molecule has 0 spiro atoms. The molecule has 1 aromatic rings. The number of nitrogens with zero attached hydrogens (tertiary/aromatic N) is 1. The van der Waals surface area contributed by atoms with Crippen LogP contribution in [0.4, 0.5) is 4.39 Å². The fourth-order valence-corrected chi connectivity index (χ4v) is 0.822. The van der Waals surface area contributed by atoms with Crippen molar-refractivity contribution in [3.63, 3.8) is 0 Å². The highest BCUT2D eigenvalue weighted by Crippen LogP contribution is 2.10. The van der Waals surface area contributed by atoms with Crippen LogP contribution < -0.4 is 0 Å². The molecule has 1 rings (SSSR count). The van der Waals surface area contributed by atoms with E-state index in [1.807, 2.05) is 0 Å². The smallest absolute Gasteiger partial charge is 0.141 e. The predicted molar refractivity (Wildman–Crippen MR) is 39.9 cm³/mol. The van der Waals surface area contributed by atoms with Gasteiger partial charge in [-0.05, 0) is 12.1 Å². The molecule has 0 amide bonds. The van der Waals surface area contributed by atoms with Gasteiger partial charge in [0.15, 0.2) is 0 Å². The van der Waals surface area contributed by atoms with Crippen LogP contribution in [0.5, 0.6) is 0 Å². The van der Waals surface area contributed by atoms with Crippen LogP contribution in [0.25, 0.3) is 0 Å². The van der Waals surface area contributed by atoms with Crippen LogP contribution in [0, 0.1) is 5.82 Å². The lowest BCUT2D eigenvalue weighted by Crippen LogP contribution is -2.01. The number of hydrogen-bond donors (Lipinski definition) is 1. The van der Waals surface area contributed by atoms with Gasteiger partial charge in [0.25, 0.3) is 0 Å². The Bertz CT molecular complexity index is 226. The first-order valence-electron chi connectivity index (χ1n) is 3.09. The van der Waals surface area contributed by atoms with Crippen molar-refractivity contribution in [2.75, 3.05) is 5.88 Å². The van der Waals surface area contributed by atoms with Crippen molar-refractivity contribution in [1.82, 2.24) is 4.98 Å². The fraction of sp³-hybridized carbons (Fsp3) is 0.286. The van der Waals surface area contributed by atoms with E-state index in [4.69, 9.17) is 16.7 Å². The fourth-order valence-electron chi connectivity index (χ4n) is 0.663. The topological polar surface area (TPSA) is 33.1 Å². The van der Waals surface area contributed by atoms with E-state index in [9.17, 15) is 4.39 Å². The second-order valence-corrected chi connectivity index (χ2v) is 2.38. The van der Waals surface area contributed by atoms with Crippen molar-refractivity contribution in [2.45, 2.75) is 6.10 Å². The zero-order valence-corrected chi connectivity index (χ0v) is 6.42. The molecule has 0 aromatic carbocycles. The van der Waals surface area contributed by atoms with Crippen LogP contribution in [-0.4, -0.2) is 16.0 Å². The Morgan fingerprint density at radius 2 is 2.36 bits per heavy atom. The predicted octanol–water partition coefficient (Wildman–Crippen LogP) is 1.49. The summed E-state index contributed by atoms with van der Waals surface area (Å²) < 4.78 is 12.3. The van der Waals surface area contributed by atoms with Gasteiger partial charge in [-0.1, -0.05) is 0 Å². The molecule has 1 unspecified atom stereocenters. The van der Waals surface area contributed by atoms with Gasteiger partial charge in [0, 0.05) is 0 Å². The van der Waals surface area contributed by atoms with E-state index >= 15 is 0 Å². The highest BCUT2D eigenvalue weighted by atomic mass is 35.5. The Morgan fingerprint density at radius 3 is 2.82 bits per heavy atom. The summed E-state index contributed by atoms with van der Waals surface area (Å²) in [5.74, 6) is -0.353. The number of aliphatic hydroxyl groups excluding tert-OH is 1. The number of halogens is 2. The van der Waals surface area contributed by atoms with Crippen LogP contribution in [0.1, 0.15) is 11.8 Å². The number of alkyl halides is 1. The Balaban J connectivity index is 2.81. The molecule has 0 fully saturated rings. The lowest BCUT2D eigenvalue weighted by molar-refractivity contribution is 0.197. The van der Waals surface area contributed by atoms with E-state index in [1.54, 1.807) is 0 Å². The molecule has 1 aromatic heterocycles. The van der Waals surface area contributed by atoms with Gasteiger partial charge in [-0.3, -0.25) is 4.98 Å². The Hall–Kier alpha value is -0.670. The average Bonchev–Trinajstić information content (AvgIpc) is 2.05. The minimum Gasteiger partial charge on any atom is -0.386 e. The molecule has 0 aliphatic heterocycles. The maximum Gasteiger partial charge on any atom is 0.141 e. The molecule has 60 valence electrons. The summed E-state index contributed by atoms with van der Waals surface area (Å²) in [6.07, 6.45) is 0.239. The van der Waals surface area contributed by atoms with Crippen LogP contribution in [-0.2, 0) is 0 Å². The second-order valence-electron chi connectivity index (χ2n) is 2.07.